The Morgan fingerprint density at radius 2 is 2.00 bits per heavy atom. The number of carbonyl (C=O) groups is 1. The van der Waals surface area contributed by atoms with Gasteiger partial charge in [0.05, 0.1) is 48.3 Å². The first-order valence-corrected chi connectivity index (χ1v) is 12.7. The Morgan fingerprint density at radius 3 is 2.68 bits per heavy atom. The number of aromatic carboxylic acids is 1. The van der Waals surface area contributed by atoms with Crippen molar-refractivity contribution in [3.05, 3.63) is 46.7 Å². The number of hydrogen-bond acceptors (Lipinski definition) is 11. The van der Waals surface area contributed by atoms with Crippen LogP contribution in [0.2, 0.25) is 0 Å². The molecule has 5 rings (SSSR count). The number of fused-ring (bicyclic) bond motifs is 1. The van der Waals surface area contributed by atoms with Crippen molar-refractivity contribution in [2.45, 2.75) is 19.9 Å². The fourth-order valence-corrected chi connectivity index (χ4v) is 5.30. The van der Waals surface area contributed by atoms with E-state index >= 15 is 0 Å². The number of anilines is 2. The standard InChI is InChI=1S/C25H27N7O4S/c1-4-18-17(24(33)34)13-27-25(29-18)31(2)14-16-11-19-21(37-16)23(32-7-9-36-10-8-32)30-22(28-19)15-5-6-20(35-3)26-12-15/h5-6,11-13H,4,7-10,14H2,1-3H3,(H,33,34). The summed E-state index contributed by atoms with van der Waals surface area (Å²) in [6.45, 7) is 5.22. The highest BCUT2D eigenvalue weighted by molar-refractivity contribution is 7.19. The first kappa shape index (κ1) is 24.8. The van der Waals surface area contributed by atoms with Crippen molar-refractivity contribution >= 4 is 39.3 Å². The highest BCUT2D eigenvalue weighted by atomic mass is 32.1. The predicted molar refractivity (Wildman–Crippen MR) is 141 cm³/mol. The molecule has 1 aliphatic heterocycles. The molecule has 0 aromatic carbocycles. The Kier molecular flexibility index (Phi) is 7.10. The zero-order valence-electron chi connectivity index (χ0n) is 20.8. The molecule has 192 valence electrons. The predicted octanol–water partition coefficient (Wildman–Crippen LogP) is 3.29. The lowest BCUT2D eigenvalue weighted by Crippen LogP contribution is -2.36. The Morgan fingerprint density at radius 1 is 1.19 bits per heavy atom. The fourth-order valence-electron chi connectivity index (χ4n) is 4.14. The molecule has 1 saturated heterocycles. The van der Waals surface area contributed by atoms with Crippen molar-refractivity contribution < 1.29 is 19.4 Å². The SMILES string of the molecule is CCc1nc(N(C)Cc2cc3nc(-c4ccc(OC)nc4)nc(N4CCOCC4)c3s2)ncc1C(=O)O. The molecule has 0 radical (unpaired) electrons. The first-order chi connectivity index (χ1) is 18.0. The fraction of sp³-hybridized carbons (Fsp3) is 0.360. The summed E-state index contributed by atoms with van der Waals surface area (Å²) in [5, 5.41) is 9.38. The number of aryl methyl sites for hydroxylation is 1. The third-order valence-electron chi connectivity index (χ3n) is 6.07. The van der Waals surface area contributed by atoms with Crippen LogP contribution in [0.1, 0.15) is 27.9 Å². The molecule has 37 heavy (non-hydrogen) atoms. The average molecular weight is 522 g/mol. The highest BCUT2D eigenvalue weighted by Gasteiger charge is 2.21. The molecule has 0 saturated carbocycles. The minimum Gasteiger partial charge on any atom is -0.481 e. The van der Waals surface area contributed by atoms with Gasteiger partial charge in [0.2, 0.25) is 11.8 Å². The van der Waals surface area contributed by atoms with E-state index in [-0.39, 0.29) is 5.56 Å². The number of hydrogen-bond donors (Lipinski definition) is 1. The Hall–Kier alpha value is -3.90. The molecule has 0 atom stereocenters. The number of thiophene rings is 1. The molecule has 1 aliphatic rings. The third kappa shape index (κ3) is 5.16. The van der Waals surface area contributed by atoms with Crippen molar-refractivity contribution in [3.63, 3.8) is 0 Å². The summed E-state index contributed by atoms with van der Waals surface area (Å²) < 4.78 is 11.8. The molecule has 0 spiro atoms. The molecule has 1 fully saturated rings. The second kappa shape index (κ2) is 10.6. The van der Waals surface area contributed by atoms with Crippen molar-refractivity contribution in [2.24, 2.45) is 0 Å². The normalized spacial score (nSPS) is 13.6. The number of pyridine rings is 1. The maximum Gasteiger partial charge on any atom is 0.339 e. The first-order valence-electron chi connectivity index (χ1n) is 11.9. The van der Waals surface area contributed by atoms with Gasteiger partial charge in [0.15, 0.2) is 11.6 Å². The Balaban J connectivity index is 1.50. The van der Waals surface area contributed by atoms with Gasteiger partial charge in [-0.25, -0.2) is 29.7 Å². The highest BCUT2D eigenvalue weighted by Crippen LogP contribution is 2.35. The molecule has 1 N–H and O–H groups in total. The number of carboxylic acids is 1. The van der Waals surface area contributed by atoms with E-state index in [1.54, 1.807) is 30.7 Å². The maximum absolute atomic E-state index is 11.4. The zero-order valence-corrected chi connectivity index (χ0v) is 21.7. The molecule has 0 aliphatic carbocycles. The van der Waals surface area contributed by atoms with Crippen LogP contribution in [0.5, 0.6) is 5.88 Å². The van der Waals surface area contributed by atoms with Gasteiger partial charge in [-0.1, -0.05) is 6.92 Å². The van der Waals surface area contributed by atoms with E-state index in [2.05, 4.69) is 25.9 Å². The number of rotatable bonds is 8. The van der Waals surface area contributed by atoms with E-state index in [9.17, 15) is 9.90 Å². The second-order valence-electron chi connectivity index (χ2n) is 8.53. The monoisotopic (exact) mass is 521 g/mol. The van der Waals surface area contributed by atoms with Gasteiger partial charge in [-0.05, 0) is 18.6 Å². The van der Waals surface area contributed by atoms with Crippen LogP contribution < -0.4 is 14.5 Å². The van der Waals surface area contributed by atoms with Crippen molar-refractivity contribution in [1.29, 1.82) is 0 Å². The van der Waals surface area contributed by atoms with E-state index in [1.165, 1.54) is 6.20 Å². The van der Waals surface area contributed by atoms with Gasteiger partial charge in [-0.3, -0.25) is 0 Å². The summed E-state index contributed by atoms with van der Waals surface area (Å²) in [6.07, 6.45) is 3.60. The quantitative estimate of drug-likeness (QED) is 0.367. The van der Waals surface area contributed by atoms with E-state index in [0.717, 1.165) is 39.6 Å². The van der Waals surface area contributed by atoms with Crippen LogP contribution in [0.3, 0.4) is 0 Å². The second-order valence-corrected chi connectivity index (χ2v) is 9.67. The number of ether oxygens (including phenoxy) is 2. The van der Waals surface area contributed by atoms with E-state index in [1.807, 2.05) is 24.9 Å². The van der Waals surface area contributed by atoms with Crippen LogP contribution in [0, 0.1) is 0 Å². The van der Waals surface area contributed by atoms with Gasteiger partial charge in [-0.2, -0.15) is 0 Å². The summed E-state index contributed by atoms with van der Waals surface area (Å²) in [4.78, 5) is 39.6. The number of nitrogens with zero attached hydrogens (tertiary/aromatic N) is 7. The van der Waals surface area contributed by atoms with Gasteiger partial charge in [0, 0.05) is 49.0 Å². The third-order valence-corrected chi connectivity index (χ3v) is 7.18. The Bertz CT molecular complexity index is 1420. The van der Waals surface area contributed by atoms with Crippen LogP contribution in [-0.4, -0.2) is 76.5 Å². The van der Waals surface area contributed by atoms with Crippen LogP contribution in [0.15, 0.2) is 30.6 Å². The van der Waals surface area contributed by atoms with Gasteiger partial charge >= 0.3 is 5.97 Å². The van der Waals surface area contributed by atoms with E-state index in [4.69, 9.17) is 19.4 Å². The zero-order chi connectivity index (χ0) is 25.9. The number of methoxy groups -OCH3 is 1. The number of aromatic nitrogens is 5. The maximum atomic E-state index is 11.4. The minimum atomic E-state index is -1.02. The van der Waals surface area contributed by atoms with Gasteiger partial charge in [-0.15, -0.1) is 11.3 Å². The lowest BCUT2D eigenvalue weighted by molar-refractivity contribution is 0.0694. The molecular formula is C25H27N7O4S. The number of morpholine rings is 1. The smallest absolute Gasteiger partial charge is 0.339 e. The topological polar surface area (TPSA) is 127 Å². The molecule has 0 unspecified atom stereocenters. The number of carboxylic acid groups (broad SMARTS) is 1. The molecule has 12 heteroatoms. The largest absolute Gasteiger partial charge is 0.481 e. The Labute approximate surface area is 217 Å². The molecule has 5 heterocycles. The van der Waals surface area contributed by atoms with Crippen LogP contribution in [0.4, 0.5) is 11.8 Å². The molecule has 11 nitrogen and oxygen atoms in total. The van der Waals surface area contributed by atoms with E-state index in [0.29, 0.717) is 49.5 Å². The molecule has 0 amide bonds. The summed E-state index contributed by atoms with van der Waals surface area (Å²) in [6, 6.07) is 5.76. The summed E-state index contributed by atoms with van der Waals surface area (Å²) >= 11 is 1.63. The lowest BCUT2D eigenvalue weighted by Gasteiger charge is -2.28. The summed E-state index contributed by atoms with van der Waals surface area (Å²) in [5.41, 5.74) is 2.31. The van der Waals surface area contributed by atoms with Gasteiger partial charge < -0.3 is 24.4 Å². The lowest BCUT2D eigenvalue weighted by atomic mass is 10.2. The van der Waals surface area contributed by atoms with Crippen LogP contribution in [0.25, 0.3) is 21.6 Å². The van der Waals surface area contributed by atoms with Crippen LogP contribution in [-0.2, 0) is 17.7 Å². The van der Waals surface area contributed by atoms with Crippen LogP contribution >= 0.6 is 11.3 Å². The van der Waals surface area contributed by atoms with Crippen molar-refractivity contribution in [2.75, 3.05) is 50.3 Å². The molecule has 4 aromatic rings. The molecule has 0 bridgehead atoms. The average Bonchev–Trinajstić information content (AvgIpc) is 3.34. The summed E-state index contributed by atoms with van der Waals surface area (Å²) in [5.74, 6) is 1.47. The van der Waals surface area contributed by atoms with Crippen molar-refractivity contribution in [3.8, 4) is 17.3 Å². The molecular weight excluding hydrogens is 494 g/mol. The molecule has 4 aromatic heterocycles. The van der Waals surface area contributed by atoms with E-state index < -0.39 is 5.97 Å². The van der Waals surface area contributed by atoms with Crippen molar-refractivity contribution in [1.82, 2.24) is 24.9 Å². The minimum absolute atomic E-state index is 0.132. The summed E-state index contributed by atoms with van der Waals surface area (Å²) in [7, 11) is 3.47. The van der Waals surface area contributed by atoms with Gasteiger partial charge in [0.25, 0.3) is 0 Å². The van der Waals surface area contributed by atoms with Gasteiger partial charge in [0.1, 0.15) is 0 Å².